The Balaban J connectivity index is 1.05. The second-order valence-electron chi connectivity index (χ2n) is 10.8. The summed E-state index contributed by atoms with van der Waals surface area (Å²) < 4.78 is 10.9. The van der Waals surface area contributed by atoms with Crippen LogP contribution in [-0.2, 0) is 16.1 Å². The lowest BCUT2D eigenvalue weighted by atomic mass is 10.0. The van der Waals surface area contributed by atoms with Crippen LogP contribution in [0.25, 0.3) is 11.0 Å². The lowest BCUT2D eigenvalue weighted by Gasteiger charge is -2.27. The van der Waals surface area contributed by atoms with Crippen LogP contribution in [0.4, 0.5) is 5.82 Å². The predicted octanol–water partition coefficient (Wildman–Crippen LogP) is 3.48. The second kappa shape index (κ2) is 10.3. The molecule has 206 valence electrons. The van der Waals surface area contributed by atoms with Gasteiger partial charge in [-0.25, -0.2) is 0 Å². The van der Waals surface area contributed by atoms with E-state index in [1.165, 1.54) is 0 Å². The Hall–Kier alpha value is -4.41. The molecule has 40 heavy (non-hydrogen) atoms. The average Bonchev–Trinajstić information content (AvgIpc) is 3.32. The smallest absolute Gasteiger partial charge is 0.243 e. The molecule has 2 amide bonds. The number of piperidine rings is 1. The van der Waals surface area contributed by atoms with Crippen molar-refractivity contribution in [1.29, 1.82) is 0 Å². The summed E-state index contributed by atoms with van der Waals surface area (Å²) in [5.74, 6) is 1.25. The fourth-order valence-electron chi connectivity index (χ4n) is 5.52. The minimum Gasteiger partial charge on any atom is -0.457 e. The van der Waals surface area contributed by atoms with Crippen molar-refractivity contribution < 1.29 is 24.0 Å². The number of nitrogens with zero attached hydrogens (tertiary/aromatic N) is 2. The summed E-state index contributed by atoms with van der Waals surface area (Å²) >= 11 is 0. The number of fused-ring (bicyclic) bond motifs is 2. The zero-order valence-electron chi connectivity index (χ0n) is 22.0. The zero-order chi connectivity index (χ0) is 27.9. The number of amides is 2. The van der Waals surface area contributed by atoms with Gasteiger partial charge in [-0.1, -0.05) is 48.5 Å². The molecule has 1 aliphatic heterocycles. The molecule has 10 nitrogen and oxygen atoms in total. The quantitative estimate of drug-likeness (QED) is 0.236. The number of hydrogen-bond donors (Lipinski definition) is 4. The number of anilines is 1. The van der Waals surface area contributed by atoms with Crippen LogP contribution in [0.3, 0.4) is 0 Å². The predicted molar refractivity (Wildman–Crippen MR) is 148 cm³/mol. The highest BCUT2D eigenvalue weighted by atomic mass is 16.5. The molecule has 5 N–H and O–H groups in total. The molecule has 2 fully saturated rings. The van der Waals surface area contributed by atoms with Crippen molar-refractivity contribution in [3.05, 3.63) is 83.9 Å². The third kappa shape index (κ3) is 5.11. The van der Waals surface area contributed by atoms with Gasteiger partial charge in [0.15, 0.2) is 11.4 Å². The number of aliphatic hydroxyl groups excluding tert-OH is 1. The molecular weight excluding hydrogens is 510 g/mol. The first-order chi connectivity index (χ1) is 19.3. The first-order valence-corrected chi connectivity index (χ1v) is 13.3. The Bertz CT molecular complexity index is 1540. The van der Waals surface area contributed by atoms with E-state index in [1.54, 1.807) is 35.2 Å². The highest BCUT2D eigenvalue weighted by molar-refractivity contribution is 5.90. The maximum absolute atomic E-state index is 13.3. The summed E-state index contributed by atoms with van der Waals surface area (Å²) in [6, 6.07) is 21.4. The monoisotopic (exact) mass is 541 g/mol. The summed E-state index contributed by atoms with van der Waals surface area (Å²) in [5.41, 5.74) is 7.83. The minimum atomic E-state index is -1.05. The molecular formula is C30H31N5O5. The molecule has 2 heterocycles. The highest BCUT2D eigenvalue weighted by Gasteiger charge is 2.64. The lowest BCUT2D eigenvalue weighted by Crippen LogP contribution is -2.50. The summed E-state index contributed by atoms with van der Waals surface area (Å²) in [6.45, 7) is 2.30. The van der Waals surface area contributed by atoms with Crippen LogP contribution in [0.2, 0.25) is 0 Å². The third-order valence-electron chi connectivity index (χ3n) is 7.88. The zero-order valence-corrected chi connectivity index (χ0v) is 22.0. The molecule has 3 aromatic carbocycles. The van der Waals surface area contributed by atoms with E-state index in [9.17, 15) is 14.7 Å². The second-order valence-corrected chi connectivity index (χ2v) is 10.8. The number of aromatic nitrogens is 1. The number of likely N-dealkylation sites (tertiary alicyclic amines) is 1. The lowest BCUT2D eigenvalue weighted by molar-refractivity contribution is -0.139. The number of aliphatic hydroxyl groups is 1. The van der Waals surface area contributed by atoms with E-state index < -0.39 is 12.3 Å². The number of hydrogen-bond acceptors (Lipinski definition) is 8. The number of carbonyl (C=O) groups is 2. The van der Waals surface area contributed by atoms with Gasteiger partial charge in [0.25, 0.3) is 0 Å². The van der Waals surface area contributed by atoms with Crippen LogP contribution in [0, 0.1) is 5.41 Å². The SMILES string of the molecule is C[C@@]12C[C@@H]1N(C(=O)CNC(O)c1ccc(Oc3ccccc3)cc1)[C@H](C(=O)NCc1ccc3onc(N)c3c1)C2. The maximum Gasteiger partial charge on any atom is 0.243 e. The van der Waals surface area contributed by atoms with Crippen molar-refractivity contribution in [2.24, 2.45) is 5.41 Å². The summed E-state index contributed by atoms with van der Waals surface area (Å²) in [4.78, 5) is 28.2. The molecule has 1 aliphatic carbocycles. The standard InChI is InChI=1S/C30H31N5O5/c1-30-14-23(29(38)32-16-18-7-12-24-22(13-18)27(31)34-40-24)35(25(30)15-30)26(36)17-33-28(37)19-8-10-21(11-9-19)39-20-5-3-2-4-6-20/h2-13,23,25,28,33,37H,14-17H2,1H3,(H2,31,34)(H,32,38)/t23-,25-,28?,30+/m0/s1. The minimum absolute atomic E-state index is 0.0252. The van der Waals surface area contributed by atoms with Crippen molar-refractivity contribution in [3.8, 4) is 11.5 Å². The van der Waals surface area contributed by atoms with E-state index in [0.717, 1.165) is 17.7 Å². The maximum atomic E-state index is 13.3. The number of carbonyl (C=O) groups excluding carboxylic acids is 2. The summed E-state index contributed by atoms with van der Waals surface area (Å²) in [7, 11) is 0. The molecule has 1 aromatic heterocycles. The number of para-hydroxylation sites is 1. The number of rotatable bonds is 9. The Morgan fingerprint density at radius 2 is 1.88 bits per heavy atom. The van der Waals surface area contributed by atoms with Gasteiger partial charge in [0.05, 0.1) is 11.9 Å². The van der Waals surface area contributed by atoms with Crippen LogP contribution in [0.5, 0.6) is 11.5 Å². The topological polar surface area (TPSA) is 143 Å². The van der Waals surface area contributed by atoms with Crippen LogP contribution < -0.4 is 21.1 Å². The highest BCUT2D eigenvalue weighted by Crippen LogP contribution is 2.59. The van der Waals surface area contributed by atoms with Gasteiger partial charge in [-0.2, -0.15) is 0 Å². The van der Waals surface area contributed by atoms with Gasteiger partial charge in [-0.05, 0) is 65.8 Å². The van der Waals surface area contributed by atoms with Crippen LogP contribution in [0.15, 0.2) is 77.3 Å². The molecule has 1 unspecified atom stereocenters. The van der Waals surface area contributed by atoms with Crippen molar-refractivity contribution in [1.82, 2.24) is 20.7 Å². The molecule has 1 saturated heterocycles. The van der Waals surface area contributed by atoms with Gasteiger partial charge in [-0.3, -0.25) is 14.9 Å². The third-order valence-corrected chi connectivity index (χ3v) is 7.88. The normalized spacial score (nSPS) is 22.1. The van der Waals surface area contributed by atoms with Gasteiger partial charge >= 0.3 is 0 Å². The molecule has 2 aliphatic rings. The molecule has 4 atom stereocenters. The molecule has 6 rings (SSSR count). The van der Waals surface area contributed by atoms with Gasteiger partial charge in [-0.15, -0.1) is 0 Å². The van der Waals surface area contributed by atoms with Crippen molar-refractivity contribution in [2.75, 3.05) is 12.3 Å². The fourth-order valence-corrected chi connectivity index (χ4v) is 5.52. The molecule has 4 aromatic rings. The van der Waals surface area contributed by atoms with Crippen molar-refractivity contribution in [3.63, 3.8) is 0 Å². The van der Waals surface area contributed by atoms with Crippen LogP contribution in [0.1, 0.15) is 37.1 Å². The number of ether oxygens (including phenoxy) is 1. The summed E-state index contributed by atoms with van der Waals surface area (Å²) in [6.07, 6.45) is 0.435. The van der Waals surface area contributed by atoms with Crippen LogP contribution >= 0.6 is 0 Å². The van der Waals surface area contributed by atoms with Gasteiger partial charge < -0.3 is 30.3 Å². The van der Waals surface area contributed by atoms with E-state index >= 15 is 0 Å². The largest absolute Gasteiger partial charge is 0.457 e. The number of nitrogen functional groups attached to an aromatic ring is 1. The number of benzene rings is 3. The molecule has 1 saturated carbocycles. The summed E-state index contributed by atoms with van der Waals surface area (Å²) in [5, 5.41) is 21.0. The van der Waals surface area contributed by atoms with Gasteiger partial charge in [0.1, 0.15) is 23.8 Å². The van der Waals surface area contributed by atoms with Crippen molar-refractivity contribution in [2.45, 2.75) is 44.6 Å². The molecule has 0 radical (unpaired) electrons. The van der Waals surface area contributed by atoms with Gasteiger partial charge in [0.2, 0.25) is 11.8 Å². The molecule has 10 heteroatoms. The molecule has 0 bridgehead atoms. The molecule has 0 spiro atoms. The van der Waals surface area contributed by atoms with E-state index in [4.69, 9.17) is 15.0 Å². The van der Waals surface area contributed by atoms with Crippen LogP contribution in [-0.4, -0.2) is 45.6 Å². The Kier molecular flexibility index (Phi) is 6.65. The van der Waals surface area contributed by atoms with E-state index in [0.29, 0.717) is 41.1 Å². The first-order valence-electron chi connectivity index (χ1n) is 13.3. The Morgan fingerprint density at radius 1 is 1.12 bits per heavy atom. The average molecular weight is 542 g/mol. The van der Waals surface area contributed by atoms with Crippen molar-refractivity contribution >= 4 is 28.6 Å². The van der Waals surface area contributed by atoms with E-state index in [2.05, 4.69) is 22.7 Å². The van der Waals surface area contributed by atoms with E-state index in [1.807, 2.05) is 42.5 Å². The van der Waals surface area contributed by atoms with Gasteiger partial charge in [0, 0.05) is 12.6 Å². The number of nitrogens with one attached hydrogen (secondary N) is 2. The Labute approximate surface area is 231 Å². The Morgan fingerprint density at radius 3 is 2.65 bits per heavy atom. The van der Waals surface area contributed by atoms with E-state index in [-0.39, 0.29) is 29.8 Å². The first kappa shape index (κ1) is 25.8. The number of nitrogens with two attached hydrogens (primary N) is 1. The fraction of sp³-hybridized carbons (Fsp3) is 0.300.